The van der Waals surface area contributed by atoms with Gasteiger partial charge in [-0.15, -0.1) is 0 Å². The van der Waals surface area contributed by atoms with E-state index < -0.39 is 10.1 Å². The molecule has 11 heavy (non-hydrogen) atoms. The summed E-state index contributed by atoms with van der Waals surface area (Å²) in [6, 6.07) is 0. The van der Waals surface area contributed by atoms with Crippen LogP contribution in [0.2, 0.25) is 0 Å². The van der Waals surface area contributed by atoms with Gasteiger partial charge >= 0.3 is 0 Å². The highest BCUT2D eigenvalue weighted by atomic mass is 32.2. The molecule has 0 aromatic rings. The van der Waals surface area contributed by atoms with Crippen LogP contribution in [-0.4, -0.2) is 27.8 Å². The third kappa shape index (κ3) is 9.87. The average molecular weight is 183 g/mol. The van der Waals surface area contributed by atoms with Gasteiger partial charge in [0.2, 0.25) is 0 Å². The summed E-state index contributed by atoms with van der Waals surface area (Å²) < 4.78 is 25.7. The van der Waals surface area contributed by atoms with E-state index in [1.807, 2.05) is 0 Å². The smallest absolute Gasteiger partial charge is 0.267 e. The Bertz CT molecular complexity index is 141. The second-order valence-electron chi connectivity index (χ2n) is 1.67. The predicted molar refractivity (Wildman–Crippen MR) is 45.8 cm³/mol. The summed E-state index contributed by atoms with van der Waals surface area (Å²) in [5, 5.41) is 0. The molecule has 0 amide bonds. The molecule has 2 N–H and O–H groups in total. The maximum atomic E-state index is 10.6. The summed E-state index contributed by atoms with van der Waals surface area (Å²) in [6.07, 6.45) is 0.613. The summed E-state index contributed by atoms with van der Waals surface area (Å²) in [5.41, 5.74) is 4.50. The summed E-state index contributed by atoms with van der Waals surface area (Å²) in [6.45, 7) is 3.70. The highest BCUT2D eigenvalue weighted by Gasteiger charge is 2.05. The molecule has 0 fully saturated rings. The van der Waals surface area contributed by atoms with Gasteiger partial charge in [-0.2, -0.15) is 8.42 Å². The zero-order valence-corrected chi connectivity index (χ0v) is 8.15. The van der Waals surface area contributed by atoms with E-state index in [2.05, 4.69) is 9.92 Å². The van der Waals surface area contributed by atoms with Crippen molar-refractivity contribution in [3.8, 4) is 0 Å². The van der Waals surface area contributed by atoms with Crippen molar-refractivity contribution in [1.82, 2.24) is 0 Å². The summed E-state index contributed by atoms with van der Waals surface area (Å²) in [5.74, 6) is 0.126. The molecule has 4 nitrogen and oxygen atoms in total. The molecule has 0 aliphatic rings. The van der Waals surface area contributed by atoms with Gasteiger partial charge in [-0.1, -0.05) is 6.92 Å². The van der Waals surface area contributed by atoms with E-state index in [0.29, 0.717) is 6.42 Å². The second kappa shape index (κ2) is 7.97. The van der Waals surface area contributed by atoms with Crippen LogP contribution in [-0.2, 0) is 14.3 Å². The van der Waals surface area contributed by atoms with Gasteiger partial charge in [-0.25, -0.2) is 0 Å². The largest absolute Gasteiger partial charge is 0.333 e. The quantitative estimate of drug-likeness (QED) is 0.638. The first-order chi connectivity index (χ1) is 5.12. The van der Waals surface area contributed by atoms with Crippen molar-refractivity contribution in [1.29, 1.82) is 0 Å². The molecule has 0 unspecified atom stereocenters. The zero-order valence-electron chi connectivity index (χ0n) is 7.33. The van der Waals surface area contributed by atoms with Crippen LogP contribution in [0.15, 0.2) is 0 Å². The van der Waals surface area contributed by atoms with Crippen molar-refractivity contribution in [2.45, 2.75) is 20.3 Å². The molecule has 0 aromatic heterocycles. The summed E-state index contributed by atoms with van der Waals surface area (Å²) in [4.78, 5) is 0. The fourth-order valence-electron chi connectivity index (χ4n) is 0.488. The van der Waals surface area contributed by atoms with Gasteiger partial charge in [-0.3, -0.25) is 4.18 Å². The van der Waals surface area contributed by atoms with Crippen molar-refractivity contribution in [3.63, 3.8) is 0 Å². The van der Waals surface area contributed by atoms with Crippen LogP contribution in [0.25, 0.3) is 0 Å². The maximum absolute atomic E-state index is 10.6. The molecule has 0 spiro atoms. The standard InChI is InChI=1S/C5H12O3S.CH5N/c1-3-5-9(6,7)8-4-2;1-2/h3-5H2,1-2H3;2H2,1H3. The van der Waals surface area contributed by atoms with Crippen molar-refractivity contribution in [2.75, 3.05) is 19.4 Å². The van der Waals surface area contributed by atoms with E-state index in [-0.39, 0.29) is 12.4 Å². The molecule has 0 radical (unpaired) electrons. The first-order valence-corrected chi connectivity index (χ1v) is 5.15. The Morgan fingerprint density at radius 3 is 2.00 bits per heavy atom. The van der Waals surface area contributed by atoms with Crippen LogP contribution in [0.5, 0.6) is 0 Å². The van der Waals surface area contributed by atoms with E-state index in [9.17, 15) is 8.42 Å². The van der Waals surface area contributed by atoms with Crippen LogP contribution in [0.3, 0.4) is 0 Å². The molecule has 0 saturated carbocycles. The Kier molecular flexibility index (Phi) is 9.75. The number of hydrogen-bond acceptors (Lipinski definition) is 4. The fourth-order valence-corrected chi connectivity index (χ4v) is 1.47. The van der Waals surface area contributed by atoms with Crippen LogP contribution in [0.1, 0.15) is 20.3 Å². The van der Waals surface area contributed by atoms with Gasteiger partial charge in [0.15, 0.2) is 0 Å². The molecule has 0 aliphatic heterocycles. The van der Waals surface area contributed by atoms with Crippen molar-refractivity contribution >= 4 is 10.1 Å². The molecule has 0 bridgehead atoms. The van der Waals surface area contributed by atoms with Gasteiger partial charge in [0, 0.05) is 0 Å². The lowest BCUT2D eigenvalue weighted by molar-refractivity contribution is 0.338. The molecule has 5 heteroatoms. The van der Waals surface area contributed by atoms with E-state index in [0.717, 1.165) is 0 Å². The van der Waals surface area contributed by atoms with E-state index in [1.54, 1.807) is 13.8 Å². The minimum absolute atomic E-state index is 0.126. The predicted octanol–water partition coefficient (Wildman–Crippen LogP) is 0.338. The average Bonchev–Trinajstić information content (AvgIpc) is 1.91. The monoisotopic (exact) mass is 183 g/mol. The van der Waals surface area contributed by atoms with Crippen LogP contribution in [0, 0.1) is 0 Å². The zero-order chi connectivity index (χ0) is 9.33. The maximum Gasteiger partial charge on any atom is 0.267 e. The van der Waals surface area contributed by atoms with E-state index in [1.165, 1.54) is 7.05 Å². The van der Waals surface area contributed by atoms with Crippen molar-refractivity contribution in [2.24, 2.45) is 5.73 Å². The van der Waals surface area contributed by atoms with Crippen LogP contribution >= 0.6 is 0 Å². The Balaban J connectivity index is 0. The minimum Gasteiger partial charge on any atom is -0.333 e. The number of hydrogen-bond donors (Lipinski definition) is 1. The normalized spacial score (nSPS) is 10.2. The molecular formula is C6H17NO3S. The van der Waals surface area contributed by atoms with Gasteiger partial charge in [0.1, 0.15) is 0 Å². The van der Waals surface area contributed by atoms with Crippen molar-refractivity contribution < 1.29 is 12.6 Å². The Morgan fingerprint density at radius 1 is 1.27 bits per heavy atom. The number of nitrogens with two attached hydrogens (primary N) is 1. The molecule has 0 heterocycles. The lowest BCUT2D eigenvalue weighted by Gasteiger charge is -1.98. The number of rotatable bonds is 4. The molecule has 0 aromatic carbocycles. The highest BCUT2D eigenvalue weighted by molar-refractivity contribution is 7.86. The molecule has 0 aliphatic carbocycles. The lowest BCUT2D eigenvalue weighted by Crippen LogP contribution is -2.09. The molecular weight excluding hydrogens is 166 g/mol. The summed E-state index contributed by atoms with van der Waals surface area (Å²) in [7, 11) is -1.68. The second-order valence-corrected chi connectivity index (χ2v) is 3.43. The minimum atomic E-state index is -3.18. The van der Waals surface area contributed by atoms with Crippen molar-refractivity contribution in [3.05, 3.63) is 0 Å². The van der Waals surface area contributed by atoms with Gasteiger partial charge in [0.25, 0.3) is 10.1 Å². The third-order valence-electron chi connectivity index (χ3n) is 0.752. The van der Waals surface area contributed by atoms with Crippen LogP contribution < -0.4 is 5.73 Å². The molecule has 0 atom stereocenters. The third-order valence-corrected chi connectivity index (χ3v) is 2.25. The Hall–Kier alpha value is -0.130. The highest BCUT2D eigenvalue weighted by Crippen LogP contribution is 1.93. The Morgan fingerprint density at radius 2 is 1.73 bits per heavy atom. The van der Waals surface area contributed by atoms with Gasteiger partial charge in [0.05, 0.1) is 12.4 Å². The first-order valence-electron chi connectivity index (χ1n) is 3.57. The summed E-state index contributed by atoms with van der Waals surface area (Å²) >= 11 is 0. The van der Waals surface area contributed by atoms with Gasteiger partial charge in [-0.05, 0) is 20.4 Å². The lowest BCUT2D eigenvalue weighted by atomic mass is 10.6. The van der Waals surface area contributed by atoms with E-state index >= 15 is 0 Å². The SMILES string of the molecule is CCCS(=O)(=O)OCC.CN. The first kappa shape index (κ1) is 13.5. The van der Waals surface area contributed by atoms with Gasteiger partial charge < -0.3 is 5.73 Å². The molecule has 70 valence electrons. The Labute approximate surface area is 68.9 Å². The molecule has 0 rings (SSSR count). The fraction of sp³-hybridized carbons (Fsp3) is 1.00. The topological polar surface area (TPSA) is 69.4 Å². The van der Waals surface area contributed by atoms with E-state index in [4.69, 9.17) is 0 Å². The molecule has 0 saturated heterocycles. The van der Waals surface area contributed by atoms with Crippen LogP contribution in [0.4, 0.5) is 0 Å².